The number of hydrogen-bond acceptors (Lipinski definition) is 8. The van der Waals surface area contributed by atoms with Gasteiger partial charge in [0, 0.05) is 90.4 Å². The molecule has 5 aliphatic rings. The molecule has 0 atom stereocenters. The van der Waals surface area contributed by atoms with E-state index in [0.29, 0.717) is 52.9 Å². The minimum Gasteiger partial charge on any atom is -0.489 e. The SMILES string of the molecule is Cc1c2c3cc4c1OCCOc1c(cc5c(c1C)OCCOc1c(cc6c(c1C)OCCOc1c(cc(c(c1C)OCCO2)C3C)C6C)C5C)C4C. The second-order valence-electron chi connectivity index (χ2n) is 15.0. The quantitative estimate of drug-likeness (QED) is 0.180. The molecule has 0 radical (unpaired) electrons. The van der Waals surface area contributed by atoms with E-state index in [1.807, 2.05) is 0 Å². The van der Waals surface area contributed by atoms with E-state index in [1.165, 1.54) is 0 Å². The van der Waals surface area contributed by atoms with Crippen LogP contribution in [0, 0.1) is 27.7 Å². The van der Waals surface area contributed by atoms with Gasteiger partial charge in [0.2, 0.25) is 0 Å². The van der Waals surface area contributed by atoms with Crippen LogP contribution in [-0.4, -0.2) is 52.9 Å². The van der Waals surface area contributed by atoms with Crippen molar-refractivity contribution in [2.75, 3.05) is 52.9 Å². The number of hydrogen-bond donors (Lipinski definition) is 0. The third-order valence-corrected chi connectivity index (χ3v) is 12.1. The molecule has 52 heavy (non-hydrogen) atoms. The van der Waals surface area contributed by atoms with Gasteiger partial charge in [-0.2, -0.15) is 0 Å². The predicted octanol–water partition coefficient (Wildman–Crippen LogP) is 8.93. The molecular formula is C44H48O8. The smallest absolute Gasteiger partial charge is 0.129 e. The first-order chi connectivity index (χ1) is 25.2. The van der Waals surface area contributed by atoms with Crippen LogP contribution in [-0.2, 0) is 0 Å². The zero-order valence-electron chi connectivity index (χ0n) is 31.5. The van der Waals surface area contributed by atoms with E-state index in [2.05, 4.69) is 79.7 Å². The predicted molar refractivity (Wildman–Crippen MR) is 199 cm³/mol. The van der Waals surface area contributed by atoms with Crippen LogP contribution in [0.4, 0.5) is 0 Å². The zero-order valence-corrected chi connectivity index (χ0v) is 31.5. The lowest BCUT2D eigenvalue weighted by Crippen LogP contribution is -2.13. The second-order valence-corrected chi connectivity index (χ2v) is 15.0. The summed E-state index contributed by atoms with van der Waals surface area (Å²) in [6.45, 7) is 20.8. The molecule has 272 valence electrons. The Morgan fingerprint density at radius 1 is 0.288 bits per heavy atom. The Hall–Kier alpha value is -4.72. The molecule has 8 bridgehead atoms. The van der Waals surface area contributed by atoms with Gasteiger partial charge >= 0.3 is 0 Å². The molecule has 0 spiro atoms. The average molecular weight is 705 g/mol. The van der Waals surface area contributed by atoms with Crippen molar-refractivity contribution < 1.29 is 37.9 Å². The third-order valence-electron chi connectivity index (χ3n) is 12.1. The maximum atomic E-state index is 6.63. The Morgan fingerprint density at radius 2 is 0.423 bits per heavy atom. The van der Waals surface area contributed by atoms with Crippen molar-refractivity contribution in [2.45, 2.75) is 79.1 Å². The summed E-state index contributed by atoms with van der Waals surface area (Å²) in [6.07, 6.45) is 0. The van der Waals surface area contributed by atoms with Crippen molar-refractivity contribution >= 4 is 0 Å². The molecular weight excluding hydrogens is 656 g/mol. The first-order valence-electron chi connectivity index (χ1n) is 18.9. The highest BCUT2D eigenvalue weighted by Crippen LogP contribution is 2.54. The van der Waals surface area contributed by atoms with Gasteiger partial charge in [-0.15, -0.1) is 0 Å². The van der Waals surface area contributed by atoms with E-state index in [9.17, 15) is 0 Å². The molecule has 4 aromatic rings. The zero-order chi connectivity index (χ0) is 36.0. The molecule has 0 aromatic heterocycles. The normalized spacial score (nSPS) is 22.5. The summed E-state index contributed by atoms with van der Waals surface area (Å²) in [4.78, 5) is 0. The van der Waals surface area contributed by atoms with Crippen LogP contribution in [0.5, 0.6) is 46.0 Å². The molecule has 4 aromatic carbocycles. The van der Waals surface area contributed by atoms with E-state index in [-0.39, 0.29) is 23.7 Å². The van der Waals surface area contributed by atoms with E-state index < -0.39 is 0 Å². The topological polar surface area (TPSA) is 73.8 Å². The Bertz CT molecular complexity index is 1700. The second kappa shape index (κ2) is 12.5. The minimum atomic E-state index is -0.0645. The maximum absolute atomic E-state index is 6.63. The molecule has 0 unspecified atom stereocenters. The molecule has 8 nitrogen and oxygen atoms in total. The van der Waals surface area contributed by atoms with Crippen LogP contribution >= 0.6 is 0 Å². The van der Waals surface area contributed by atoms with Gasteiger partial charge in [-0.1, -0.05) is 27.7 Å². The average Bonchev–Trinajstić information content (AvgIpc) is 3.32. The minimum absolute atomic E-state index is 0.0645. The van der Waals surface area contributed by atoms with E-state index in [0.717, 1.165) is 113 Å². The lowest BCUT2D eigenvalue weighted by molar-refractivity contribution is 0.201. The molecule has 1 aliphatic carbocycles. The van der Waals surface area contributed by atoms with Crippen molar-refractivity contribution in [2.24, 2.45) is 0 Å². The van der Waals surface area contributed by atoms with Crippen LogP contribution in [0.1, 0.15) is 118 Å². The van der Waals surface area contributed by atoms with Gasteiger partial charge < -0.3 is 37.9 Å². The highest BCUT2D eigenvalue weighted by molar-refractivity contribution is 5.68. The summed E-state index contributed by atoms with van der Waals surface area (Å²) in [5, 5.41) is 0. The van der Waals surface area contributed by atoms with E-state index >= 15 is 0 Å². The van der Waals surface area contributed by atoms with Gasteiger partial charge in [-0.25, -0.2) is 0 Å². The Labute approximate surface area is 306 Å². The molecule has 4 heterocycles. The molecule has 0 amide bonds. The van der Waals surface area contributed by atoms with Gasteiger partial charge in [0.25, 0.3) is 0 Å². The summed E-state index contributed by atoms with van der Waals surface area (Å²) in [5.74, 6) is 6.64. The highest BCUT2D eigenvalue weighted by atomic mass is 16.5. The first-order valence-corrected chi connectivity index (χ1v) is 18.9. The number of rotatable bonds is 0. The summed E-state index contributed by atoms with van der Waals surface area (Å²) in [5.41, 5.74) is 12.9. The molecule has 0 saturated carbocycles. The largest absolute Gasteiger partial charge is 0.489 e. The lowest BCUT2D eigenvalue weighted by Gasteiger charge is -2.29. The van der Waals surface area contributed by atoms with Crippen molar-refractivity contribution in [3.8, 4) is 46.0 Å². The fourth-order valence-electron chi connectivity index (χ4n) is 9.26. The summed E-state index contributed by atoms with van der Waals surface area (Å²) in [6, 6.07) is 9.28. The van der Waals surface area contributed by atoms with Crippen LogP contribution in [0.25, 0.3) is 0 Å². The fourth-order valence-corrected chi connectivity index (χ4v) is 9.26. The monoisotopic (exact) mass is 704 g/mol. The number of ether oxygens (including phenoxy) is 8. The molecule has 0 fully saturated rings. The van der Waals surface area contributed by atoms with Gasteiger partial charge in [0.1, 0.15) is 98.9 Å². The third kappa shape index (κ3) is 4.85. The fraction of sp³-hybridized carbons (Fsp3) is 0.455. The first kappa shape index (κ1) is 33.1. The van der Waals surface area contributed by atoms with E-state index in [4.69, 9.17) is 37.9 Å². The van der Waals surface area contributed by atoms with Crippen molar-refractivity contribution in [3.05, 3.63) is 91.0 Å². The summed E-state index contributed by atoms with van der Waals surface area (Å²) >= 11 is 0. The maximum Gasteiger partial charge on any atom is 0.129 e. The van der Waals surface area contributed by atoms with Gasteiger partial charge in [0.05, 0.1) is 0 Å². The van der Waals surface area contributed by atoms with Gasteiger partial charge in [-0.05, 0) is 52.0 Å². The molecule has 8 heteroatoms. The lowest BCUT2D eigenvalue weighted by atomic mass is 9.78. The van der Waals surface area contributed by atoms with Crippen LogP contribution < -0.4 is 37.9 Å². The Kier molecular flexibility index (Phi) is 7.94. The van der Waals surface area contributed by atoms with Crippen LogP contribution in [0.15, 0.2) is 24.3 Å². The van der Waals surface area contributed by atoms with Crippen molar-refractivity contribution in [1.82, 2.24) is 0 Å². The standard InChI is InChI=1S/C44H48O8/c1-21-29-17-31-22(2)33-19-35-24(4)36-20-34-23(3)32-18-30(21)38-26(6)40(32)48-12-14-50-42(34)28(8)44(36)52-16-15-51-43(35)27(7)41(33)49-13-11-47-39(31)25(5)37(29)45-9-10-46-38/h17-24H,9-16H2,1-8H3. The highest BCUT2D eigenvalue weighted by Gasteiger charge is 2.36. The molecule has 9 rings (SSSR count). The molecule has 4 aliphatic heterocycles. The van der Waals surface area contributed by atoms with Crippen LogP contribution in [0.2, 0.25) is 0 Å². The van der Waals surface area contributed by atoms with Gasteiger partial charge in [-0.3, -0.25) is 0 Å². The van der Waals surface area contributed by atoms with Crippen molar-refractivity contribution in [3.63, 3.8) is 0 Å². The molecule has 0 N–H and O–H groups in total. The summed E-state index contributed by atoms with van der Waals surface area (Å²) in [7, 11) is 0. The Morgan fingerprint density at radius 3 is 0.558 bits per heavy atom. The number of benzene rings is 4. The molecule has 0 saturated heterocycles. The van der Waals surface area contributed by atoms with E-state index in [1.54, 1.807) is 0 Å². The summed E-state index contributed by atoms with van der Waals surface area (Å²) < 4.78 is 53.0. The van der Waals surface area contributed by atoms with Gasteiger partial charge in [0.15, 0.2) is 0 Å². The van der Waals surface area contributed by atoms with Crippen LogP contribution in [0.3, 0.4) is 0 Å². The van der Waals surface area contributed by atoms with Crippen molar-refractivity contribution in [1.29, 1.82) is 0 Å². The Balaban J connectivity index is 1.44.